The van der Waals surface area contributed by atoms with Crippen molar-refractivity contribution in [2.45, 2.75) is 53.6 Å². The van der Waals surface area contributed by atoms with E-state index in [2.05, 4.69) is 29.6 Å². The monoisotopic (exact) mass is 448 g/mol. The first-order valence-corrected chi connectivity index (χ1v) is 11.2. The number of hydrogen-bond donors (Lipinski definition) is 2. The minimum Gasteiger partial charge on any atom is -0.463 e. The van der Waals surface area contributed by atoms with Crippen LogP contribution in [0.15, 0.2) is 17.3 Å². The summed E-state index contributed by atoms with van der Waals surface area (Å²) in [5, 5.41) is 10.7. The zero-order chi connectivity index (χ0) is 22.7. The van der Waals surface area contributed by atoms with Gasteiger partial charge in [-0.3, -0.25) is 4.68 Å². The number of carbonyl (C=O) groups is 3. The van der Waals surface area contributed by atoms with Crippen LogP contribution in [0.2, 0.25) is 0 Å². The number of fused-ring (bicyclic) bond motifs is 1. The number of urea groups is 1. The molecule has 1 aliphatic rings. The molecule has 1 atom stereocenters. The van der Waals surface area contributed by atoms with Gasteiger partial charge in [0.15, 0.2) is 0 Å². The first kappa shape index (κ1) is 22.8. The van der Waals surface area contributed by atoms with Gasteiger partial charge >= 0.3 is 18.0 Å². The molecule has 0 radical (unpaired) electrons. The number of amides is 2. The lowest BCUT2D eigenvalue weighted by Gasteiger charge is -2.28. The van der Waals surface area contributed by atoms with E-state index >= 15 is 0 Å². The van der Waals surface area contributed by atoms with E-state index in [1.165, 1.54) is 11.3 Å². The summed E-state index contributed by atoms with van der Waals surface area (Å²) in [4.78, 5) is 38.5. The molecule has 2 amide bonds. The molecule has 0 aliphatic carbocycles. The van der Waals surface area contributed by atoms with Gasteiger partial charge in [0.1, 0.15) is 16.3 Å². The predicted molar refractivity (Wildman–Crippen MR) is 117 cm³/mol. The number of carbonyl (C=O) groups excluding carboxylic acids is 3. The van der Waals surface area contributed by atoms with Crippen molar-refractivity contribution in [3.8, 4) is 0 Å². The maximum atomic E-state index is 12.7. The van der Waals surface area contributed by atoms with Crippen molar-refractivity contribution in [2.24, 2.45) is 5.92 Å². The fourth-order valence-corrected chi connectivity index (χ4v) is 4.53. The summed E-state index contributed by atoms with van der Waals surface area (Å²) in [5.41, 5.74) is 1.37. The number of nitrogens with one attached hydrogen (secondary N) is 2. The lowest BCUT2D eigenvalue weighted by atomic mass is 10.0. The Morgan fingerprint density at radius 3 is 2.65 bits per heavy atom. The van der Waals surface area contributed by atoms with Crippen LogP contribution in [-0.4, -0.2) is 47.0 Å². The third-order valence-corrected chi connectivity index (χ3v) is 5.97. The Balaban J connectivity index is 1.82. The van der Waals surface area contributed by atoms with Crippen molar-refractivity contribution in [1.82, 2.24) is 20.4 Å². The largest absolute Gasteiger partial charge is 0.463 e. The summed E-state index contributed by atoms with van der Waals surface area (Å²) in [6.07, 6.45) is 0.501. The summed E-state index contributed by atoms with van der Waals surface area (Å²) < 4.78 is 12.5. The molecule has 0 spiro atoms. The van der Waals surface area contributed by atoms with Gasteiger partial charge in [-0.1, -0.05) is 20.8 Å². The molecule has 3 rings (SSSR count). The fourth-order valence-electron chi connectivity index (χ4n) is 3.47. The number of aryl methyl sites for hydroxylation is 1. The summed E-state index contributed by atoms with van der Waals surface area (Å²) in [6, 6.07) is 0.825. The fraction of sp³-hybridized carbons (Fsp3) is 0.524. The van der Waals surface area contributed by atoms with Crippen LogP contribution in [-0.2, 0) is 20.8 Å². The second-order valence-corrected chi connectivity index (χ2v) is 8.77. The maximum absolute atomic E-state index is 12.7. The summed E-state index contributed by atoms with van der Waals surface area (Å²) in [5.74, 6) is -0.643. The molecule has 2 aromatic rings. The molecule has 3 heterocycles. The minimum absolute atomic E-state index is 0.203. The molecule has 31 heavy (non-hydrogen) atoms. The van der Waals surface area contributed by atoms with E-state index in [0.29, 0.717) is 17.2 Å². The van der Waals surface area contributed by atoms with E-state index in [1.807, 2.05) is 18.5 Å². The van der Waals surface area contributed by atoms with Crippen molar-refractivity contribution in [3.63, 3.8) is 0 Å². The van der Waals surface area contributed by atoms with Gasteiger partial charge in [-0.15, -0.1) is 11.3 Å². The number of ether oxygens (including phenoxy) is 2. The molecule has 10 heteroatoms. The average Bonchev–Trinajstić information content (AvgIpc) is 3.26. The van der Waals surface area contributed by atoms with E-state index in [1.54, 1.807) is 13.0 Å². The van der Waals surface area contributed by atoms with Gasteiger partial charge in [0.25, 0.3) is 0 Å². The highest BCUT2D eigenvalue weighted by atomic mass is 32.1. The molecule has 9 nitrogen and oxygen atoms in total. The van der Waals surface area contributed by atoms with Crippen molar-refractivity contribution < 1.29 is 23.9 Å². The highest BCUT2D eigenvalue weighted by molar-refractivity contribution is 7.20. The molecule has 2 aromatic heterocycles. The Hall–Kier alpha value is -2.88. The minimum atomic E-state index is -0.542. The standard InChI is InChI=1S/C21H28N4O5S/c1-6-14-17(20(27)29-7-2)15(23-21(28)22-14)10-30-19(26)16-8-13-12(5)24-25(9-11(3)4)18(13)31-16/h8,11,14H,6-7,9-10H2,1-5H3,(H2,22,23,28)/t14-/m1/s1. The normalized spacial score (nSPS) is 16.5. The number of thiophene rings is 1. The van der Waals surface area contributed by atoms with Gasteiger partial charge in [-0.05, 0) is 32.3 Å². The average molecular weight is 449 g/mol. The van der Waals surface area contributed by atoms with Crippen LogP contribution in [0.3, 0.4) is 0 Å². The summed E-state index contributed by atoms with van der Waals surface area (Å²) in [7, 11) is 0. The van der Waals surface area contributed by atoms with Crippen LogP contribution in [0.4, 0.5) is 4.79 Å². The molecular weight excluding hydrogens is 420 g/mol. The Morgan fingerprint density at radius 2 is 2.00 bits per heavy atom. The summed E-state index contributed by atoms with van der Waals surface area (Å²) in [6.45, 7) is 10.4. The molecule has 0 saturated heterocycles. The van der Waals surface area contributed by atoms with E-state index in [9.17, 15) is 14.4 Å². The zero-order valence-corrected chi connectivity index (χ0v) is 19.2. The predicted octanol–water partition coefficient (Wildman–Crippen LogP) is 3.13. The SMILES string of the molecule is CCOC(=O)C1=C(COC(=O)c2cc3c(C)nn(CC(C)C)c3s2)NC(=O)N[C@@H]1CC. The van der Waals surface area contributed by atoms with Gasteiger partial charge < -0.3 is 20.1 Å². The van der Waals surface area contributed by atoms with Crippen LogP contribution in [0, 0.1) is 12.8 Å². The highest BCUT2D eigenvalue weighted by Crippen LogP contribution is 2.29. The second kappa shape index (κ2) is 9.51. The quantitative estimate of drug-likeness (QED) is 0.600. The molecule has 168 valence electrons. The smallest absolute Gasteiger partial charge is 0.348 e. The Morgan fingerprint density at radius 1 is 1.26 bits per heavy atom. The zero-order valence-electron chi connectivity index (χ0n) is 18.4. The van der Waals surface area contributed by atoms with E-state index in [4.69, 9.17) is 9.47 Å². The van der Waals surface area contributed by atoms with Crippen molar-refractivity contribution in [2.75, 3.05) is 13.2 Å². The van der Waals surface area contributed by atoms with Crippen LogP contribution in [0.25, 0.3) is 10.2 Å². The van der Waals surface area contributed by atoms with Gasteiger partial charge in [0, 0.05) is 11.9 Å². The van der Waals surface area contributed by atoms with Crippen LogP contribution in [0.1, 0.15) is 49.5 Å². The maximum Gasteiger partial charge on any atom is 0.348 e. The molecular formula is C21H28N4O5S. The lowest BCUT2D eigenvalue weighted by molar-refractivity contribution is -0.139. The van der Waals surface area contributed by atoms with Gasteiger partial charge in [-0.25, -0.2) is 14.4 Å². The molecule has 1 aliphatic heterocycles. The Kier molecular flexibility index (Phi) is 6.99. The van der Waals surface area contributed by atoms with Crippen molar-refractivity contribution in [1.29, 1.82) is 0 Å². The van der Waals surface area contributed by atoms with Gasteiger partial charge in [0.05, 0.1) is 29.6 Å². The third-order valence-electron chi connectivity index (χ3n) is 4.84. The van der Waals surface area contributed by atoms with Crippen molar-refractivity contribution >= 4 is 39.5 Å². The Labute approximate surface area is 184 Å². The summed E-state index contributed by atoms with van der Waals surface area (Å²) >= 11 is 1.32. The molecule has 0 fully saturated rings. The lowest BCUT2D eigenvalue weighted by Crippen LogP contribution is -2.51. The van der Waals surface area contributed by atoms with E-state index in [-0.39, 0.29) is 24.5 Å². The van der Waals surface area contributed by atoms with Gasteiger partial charge in [-0.2, -0.15) is 5.10 Å². The van der Waals surface area contributed by atoms with E-state index in [0.717, 1.165) is 22.5 Å². The number of nitrogens with zero attached hydrogens (tertiary/aromatic N) is 2. The van der Waals surface area contributed by atoms with E-state index < -0.39 is 24.0 Å². The van der Waals surface area contributed by atoms with Gasteiger partial charge in [0.2, 0.25) is 0 Å². The third kappa shape index (κ3) is 4.90. The molecule has 0 saturated carbocycles. The van der Waals surface area contributed by atoms with Crippen LogP contribution < -0.4 is 10.6 Å². The molecule has 0 bridgehead atoms. The first-order valence-electron chi connectivity index (χ1n) is 10.4. The number of rotatable bonds is 8. The second-order valence-electron chi connectivity index (χ2n) is 7.74. The van der Waals surface area contributed by atoms with Crippen LogP contribution in [0.5, 0.6) is 0 Å². The number of aromatic nitrogens is 2. The number of hydrogen-bond acceptors (Lipinski definition) is 7. The van der Waals surface area contributed by atoms with Crippen LogP contribution >= 0.6 is 11.3 Å². The highest BCUT2D eigenvalue weighted by Gasteiger charge is 2.32. The Bertz CT molecular complexity index is 1040. The molecule has 0 unspecified atom stereocenters. The number of esters is 2. The first-order chi connectivity index (χ1) is 14.7. The van der Waals surface area contributed by atoms with Crippen molar-refractivity contribution in [3.05, 3.63) is 27.9 Å². The molecule has 0 aromatic carbocycles. The molecule has 2 N–H and O–H groups in total. The topological polar surface area (TPSA) is 112 Å².